The molecule has 1 N–H and O–H groups in total. The third-order valence-electron chi connectivity index (χ3n) is 5.39. The van der Waals surface area contributed by atoms with E-state index in [1.807, 2.05) is 6.07 Å². The summed E-state index contributed by atoms with van der Waals surface area (Å²) in [4.78, 5) is 2.62. The van der Waals surface area contributed by atoms with Crippen molar-refractivity contribution in [3.63, 3.8) is 0 Å². The molecule has 0 bridgehead atoms. The lowest BCUT2D eigenvalue weighted by atomic mass is 9.95. The van der Waals surface area contributed by atoms with Gasteiger partial charge in [-0.25, -0.2) is 0 Å². The number of fused-ring (bicyclic) bond motifs is 3. The van der Waals surface area contributed by atoms with Crippen LogP contribution in [0.5, 0.6) is 5.75 Å². The molecule has 0 aromatic heterocycles. The lowest BCUT2D eigenvalue weighted by Gasteiger charge is -2.27. The minimum absolute atomic E-state index is 0.585. The quantitative estimate of drug-likeness (QED) is 0.928. The first kappa shape index (κ1) is 16.4. The van der Waals surface area contributed by atoms with Gasteiger partial charge in [-0.3, -0.25) is 0 Å². The Labute approximate surface area is 149 Å². The van der Waals surface area contributed by atoms with Gasteiger partial charge in [-0.1, -0.05) is 24.3 Å². The van der Waals surface area contributed by atoms with Crippen LogP contribution in [0.15, 0.2) is 36.4 Å². The second-order valence-corrected chi connectivity index (χ2v) is 6.86. The number of methoxy groups -OCH3 is 2. The maximum absolute atomic E-state index is 5.46. The second-order valence-electron chi connectivity index (χ2n) is 6.86. The van der Waals surface area contributed by atoms with Gasteiger partial charge in [0, 0.05) is 37.5 Å². The van der Waals surface area contributed by atoms with Crippen molar-refractivity contribution in [2.75, 3.05) is 38.8 Å². The molecule has 0 spiro atoms. The van der Waals surface area contributed by atoms with Crippen LogP contribution in [0.25, 0.3) is 11.1 Å². The first-order valence-corrected chi connectivity index (χ1v) is 9.07. The number of hydrogen-bond acceptors (Lipinski definition) is 4. The van der Waals surface area contributed by atoms with Crippen LogP contribution in [0.2, 0.25) is 0 Å². The van der Waals surface area contributed by atoms with Crippen LogP contribution < -0.4 is 15.0 Å². The number of hydrogen-bond donors (Lipinski definition) is 1. The maximum Gasteiger partial charge on any atom is 0.119 e. The number of para-hydroxylation sites is 1. The molecule has 2 aliphatic heterocycles. The Hall–Kier alpha value is -2.04. The molecule has 4 heteroatoms. The number of ether oxygens (including phenoxy) is 2. The average Bonchev–Trinajstić information content (AvgIpc) is 2.83. The molecular weight excluding hydrogens is 312 g/mol. The first-order chi connectivity index (χ1) is 12.3. The summed E-state index contributed by atoms with van der Waals surface area (Å²) in [6, 6.07) is 13.7. The molecule has 4 nitrogen and oxygen atoms in total. The van der Waals surface area contributed by atoms with E-state index in [1.165, 1.54) is 34.4 Å². The highest BCUT2D eigenvalue weighted by molar-refractivity contribution is 5.85. The molecular formula is C21H26N2O2. The Morgan fingerprint density at radius 2 is 2.04 bits per heavy atom. The molecule has 2 aromatic rings. The zero-order valence-electron chi connectivity index (χ0n) is 15.0. The van der Waals surface area contributed by atoms with E-state index in [0.717, 1.165) is 31.8 Å². The third-order valence-corrected chi connectivity index (χ3v) is 5.39. The van der Waals surface area contributed by atoms with Crippen LogP contribution >= 0.6 is 0 Å². The molecule has 0 aliphatic carbocycles. The molecule has 25 heavy (non-hydrogen) atoms. The molecule has 1 atom stereocenters. The van der Waals surface area contributed by atoms with Gasteiger partial charge in [0.1, 0.15) is 5.75 Å². The van der Waals surface area contributed by atoms with E-state index in [0.29, 0.717) is 12.6 Å². The molecule has 0 saturated carbocycles. The molecule has 1 unspecified atom stereocenters. The van der Waals surface area contributed by atoms with Crippen molar-refractivity contribution >= 4 is 5.69 Å². The summed E-state index contributed by atoms with van der Waals surface area (Å²) in [5, 5.41) is 3.53. The molecule has 0 amide bonds. The van der Waals surface area contributed by atoms with Crippen LogP contribution in [-0.4, -0.2) is 39.9 Å². The van der Waals surface area contributed by atoms with Crippen molar-refractivity contribution in [2.45, 2.75) is 25.5 Å². The number of nitrogens with one attached hydrogen (secondary N) is 1. The number of nitrogens with zero attached hydrogens (tertiary/aromatic N) is 1. The van der Waals surface area contributed by atoms with Crippen molar-refractivity contribution in [1.29, 1.82) is 0 Å². The fourth-order valence-corrected chi connectivity index (χ4v) is 4.24. The Balaban J connectivity index is 1.82. The summed E-state index contributed by atoms with van der Waals surface area (Å²) in [5.74, 6) is 0.875. The van der Waals surface area contributed by atoms with E-state index in [-0.39, 0.29) is 0 Å². The van der Waals surface area contributed by atoms with Crippen LogP contribution in [0, 0.1) is 0 Å². The first-order valence-electron chi connectivity index (χ1n) is 9.07. The van der Waals surface area contributed by atoms with E-state index in [1.54, 1.807) is 14.2 Å². The summed E-state index contributed by atoms with van der Waals surface area (Å²) in [5.41, 5.74) is 6.63. The second kappa shape index (κ2) is 7.06. The van der Waals surface area contributed by atoms with Crippen molar-refractivity contribution in [3.8, 4) is 16.9 Å². The predicted molar refractivity (Wildman–Crippen MR) is 101 cm³/mol. The third kappa shape index (κ3) is 3.00. The van der Waals surface area contributed by atoms with Gasteiger partial charge in [0.2, 0.25) is 0 Å². The smallest absolute Gasteiger partial charge is 0.119 e. The zero-order chi connectivity index (χ0) is 17.2. The maximum atomic E-state index is 5.46. The van der Waals surface area contributed by atoms with Crippen LogP contribution in [0.3, 0.4) is 0 Å². The molecule has 1 fully saturated rings. The Kier molecular flexibility index (Phi) is 4.64. The number of anilines is 1. The van der Waals surface area contributed by atoms with Gasteiger partial charge in [-0.15, -0.1) is 0 Å². The van der Waals surface area contributed by atoms with E-state index < -0.39 is 0 Å². The van der Waals surface area contributed by atoms with Gasteiger partial charge >= 0.3 is 0 Å². The van der Waals surface area contributed by atoms with Gasteiger partial charge in [0.25, 0.3) is 0 Å². The van der Waals surface area contributed by atoms with Crippen molar-refractivity contribution < 1.29 is 9.47 Å². The minimum atomic E-state index is 0.585. The summed E-state index contributed by atoms with van der Waals surface area (Å²) in [6.07, 6.45) is 2.36. The lowest BCUT2D eigenvalue weighted by molar-refractivity contribution is 0.185. The monoisotopic (exact) mass is 338 g/mol. The fourth-order valence-electron chi connectivity index (χ4n) is 4.24. The average molecular weight is 338 g/mol. The van der Waals surface area contributed by atoms with Crippen molar-refractivity contribution in [3.05, 3.63) is 47.5 Å². The Morgan fingerprint density at radius 1 is 1.12 bits per heavy atom. The Morgan fingerprint density at radius 3 is 2.88 bits per heavy atom. The molecule has 1 saturated heterocycles. The summed E-state index contributed by atoms with van der Waals surface area (Å²) >= 11 is 0. The van der Waals surface area contributed by atoms with E-state index >= 15 is 0 Å². The summed E-state index contributed by atoms with van der Waals surface area (Å²) < 4.78 is 10.9. The molecule has 132 valence electrons. The van der Waals surface area contributed by atoms with Crippen LogP contribution in [0.4, 0.5) is 5.69 Å². The predicted octanol–water partition coefficient (Wildman–Crippen LogP) is 3.23. The van der Waals surface area contributed by atoms with Crippen molar-refractivity contribution in [2.24, 2.45) is 0 Å². The van der Waals surface area contributed by atoms with Crippen molar-refractivity contribution in [1.82, 2.24) is 5.32 Å². The van der Waals surface area contributed by atoms with E-state index in [4.69, 9.17) is 9.47 Å². The fraction of sp³-hybridized carbons (Fsp3) is 0.429. The summed E-state index contributed by atoms with van der Waals surface area (Å²) in [7, 11) is 3.45. The molecule has 2 heterocycles. The standard InChI is InChI=1S/C21H26N2O2/c1-24-14-16-13-18(25-2)6-7-19(16)20-5-3-4-15-12-17-8-9-22-10-11-23(17)21(15)20/h3-7,13,17,22H,8-12,14H2,1-2H3. The molecule has 4 rings (SSSR count). The highest BCUT2D eigenvalue weighted by atomic mass is 16.5. The van der Waals surface area contributed by atoms with Crippen LogP contribution in [0.1, 0.15) is 17.5 Å². The highest BCUT2D eigenvalue weighted by Gasteiger charge is 2.32. The lowest BCUT2D eigenvalue weighted by Crippen LogP contribution is -2.33. The summed E-state index contributed by atoms with van der Waals surface area (Å²) in [6.45, 7) is 3.82. The van der Waals surface area contributed by atoms with Gasteiger partial charge in [0.15, 0.2) is 0 Å². The topological polar surface area (TPSA) is 33.7 Å². The SMILES string of the molecule is COCc1cc(OC)ccc1-c1cccc2c1N1CCNCCC1C2. The van der Waals surface area contributed by atoms with E-state index in [2.05, 4.69) is 40.5 Å². The van der Waals surface area contributed by atoms with Gasteiger partial charge in [0.05, 0.1) is 13.7 Å². The highest BCUT2D eigenvalue weighted by Crippen LogP contribution is 2.43. The Bertz CT molecular complexity index is 760. The van der Waals surface area contributed by atoms with Crippen LogP contribution in [-0.2, 0) is 17.8 Å². The number of rotatable bonds is 4. The molecule has 2 aliphatic rings. The van der Waals surface area contributed by atoms with E-state index in [9.17, 15) is 0 Å². The largest absolute Gasteiger partial charge is 0.497 e. The van der Waals surface area contributed by atoms with Gasteiger partial charge < -0.3 is 19.7 Å². The minimum Gasteiger partial charge on any atom is -0.497 e. The number of benzene rings is 2. The molecule has 2 aromatic carbocycles. The van der Waals surface area contributed by atoms with Gasteiger partial charge in [-0.05, 0) is 48.2 Å². The normalized spacial score (nSPS) is 19.3. The van der Waals surface area contributed by atoms with Gasteiger partial charge in [-0.2, -0.15) is 0 Å². The molecule has 0 radical (unpaired) electrons. The zero-order valence-corrected chi connectivity index (χ0v) is 15.0.